The highest BCUT2D eigenvalue weighted by molar-refractivity contribution is 5.86. The molecule has 0 bridgehead atoms. The van der Waals surface area contributed by atoms with E-state index in [1.165, 1.54) is 0 Å². The molecule has 0 aromatic carbocycles. The zero-order valence-corrected chi connectivity index (χ0v) is 8.37. The number of carbonyl (C=O) groups is 2. The third-order valence-corrected chi connectivity index (χ3v) is 4.65. The van der Waals surface area contributed by atoms with Crippen molar-refractivity contribution in [2.45, 2.75) is 38.5 Å². The molecule has 4 atom stereocenters. The molecular formula is C12H16O2. The zero-order chi connectivity index (χ0) is 9.71. The fraction of sp³-hybridized carbons (Fsp3) is 0.833. The first-order valence-corrected chi connectivity index (χ1v) is 5.83. The number of rotatable bonds is 0. The van der Waals surface area contributed by atoms with E-state index in [9.17, 15) is 9.59 Å². The van der Waals surface area contributed by atoms with E-state index < -0.39 is 0 Å². The van der Waals surface area contributed by atoms with Gasteiger partial charge in [-0.25, -0.2) is 0 Å². The Morgan fingerprint density at radius 1 is 0.714 bits per heavy atom. The van der Waals surface area contributed by atoms with Crippen LogP contribution >= 0.6 is 0 Å². The van der Waals surface area contributed by atoms with E-state index in [0.29, 0.717) is 35.2 Å². The molecule has 3 fully saturated rings. The van der Waals surface area contributed by atoms with E-state index in [2.05, 4.69) is 0 Å². The second-order valence-corrected chi connectivity index (χ2v) is 5.13. The van der Waals surface area contributed by atoms with E-state index >= 15 is 0 Å². The molecule has 0 heterocycles. The molecule has 3 aliphatic rings. The lowest BCUT2D eigenvalue weighted by Crippen LogP contribution is -2.32. The van der Waals surface area contributed by atoms with Crippen LogP contribution in [-0.4, -0.2) is 11.6 Å². The van der Waals surface area contributed by atoms with Crippen molar-refractivity contribution in [2.24, 2.45) is 23.7 Å². The SMILES string of the molecule is O=C1CC[C@@H]2[C@H]3CCC(=O)[C@H]3CC[C@H]12. The van der Waals surface area contributed by atoms with Gasteiger partial charge in [0.1, 0.15) is 11.6 Å². The number of carbonyl (C=O) groups excluding carboxylic acids is 2. The van der Waals surface area contributed by atoms with Gasteiger partial charge in [0.15, 0.2) is 0 Å². The predicted octanol–water partition coefficient (Wildman–Crippen LogP) is 1.97. The molecular weight excluding hydrogens is 176 g/mol. The normalized spacial score (nSPS) is 46.6. The molecule has 0 saturated heterocycles. The Morgan fingerprint density at radius 3 is 1.57 bits per heavy atom. The lowest BCUT2D eigenvalue weighted by atomic mass is 9.69. The average Bonchev–Trinajstić information content (AvgIpc) is 2.72. The first-order valence-electron chi connectivity index (χ1n) is 5.83. The molecule has 0 N–H and O–H groups in total. The van der Waals surface area contributed by atoms with Gasteiger partial charge in [0.2, 0.25) is 0 Å². The second kappa shape index (κ2) is 2.91. The van der Waals surface area contributed by atoms with Crippen molar-refractivity contribution in [1.82, 2.24) is 0 Å². The van der Waals surface area contributed by atoms with Crippen molar-refractivity contribution in [1.29, 1.82) is 0 Å². The van der Waals surface area contributed by atoms with Crippen LogP contribution in [0.2, 0.25) is 0 Å². The molecule has 2 heteroatoms. The van der Waals surface area contributed by atoms with Crippen LogP contribution in [0, 0.1) is 23.7 Å². The van der Waals surface area contributed by atoms with E-state index in [1.54, 1.807) is 0 Å². The van der Waals surface area contributed by atoms with Gasteiger partial charge in [-0.1, -0.05) is 0 Å². The minimum absolute atomic E-state index is 0.335. The summed E-state index contributed by atoms with van der Waals surface area (Å²) in [6.45, 7) is 0. The highest BCUT2D eigenvalue weighted by Gasteiger charge is 2.49. The maximum atomic E-state index is 11.6. The summed E-state index contributed by atoms with van der Waals surface area (Å²) in [7, 11) is 0. The predicted molar refractivity (Wildman–Crippen MR) is 51.7 cm³/mol. The maximum Gasteiger partial charge on any atom is 0.136 e. The molecule has 3 rings (SSSR count). The third kappa shape index (κ3) is 1.03. The van der Waals surface area contributed by atoms with Crippen molar-refractivity contribution in [2.75, 3.05) is 0 Å². The largest absolute Gasteiger partial charge is 0.299 e. The van der Waals surface area contributed by atoms with Crippen LogP contribution in [0.25, 0.3) is 0 Å². The Bertz CT molecular complexity index is 265. The molecule has 0 radical (unpaired) electrons. The van der Waals surface area contributed by atoms with Crippen LogP contribution in [0.5, 0.6) is 0 Å². The number of ketones is 2. The molecule has 76 valence electrons. The van der Waals surface area contributed by atoms with Gasteiger partial charge in [0.05, 0.1) is 0 Å². The second-order valence-electron chi connectivity index (χ2n) is 5.13. The lowest BCUT2D eigenvalue weighted by Gasteiger charge is -2.34. The molecule has 14 heavy (non-hydrogen) atoms. The van der Waals surface area contributed by atoms with Crippen LogP contribution in [0.1, 0.15) is 38.5 Å². The Hall–Kier alpha value is -0.660. The lowest BCUT2D eigenvalue weighted by molar-refractivity contribution is -0.126. The molecule has 3 aliphatic carbocycles. The molecule has 0 spiro atoms. The molecule has 0 aromatic rings. The Morgan fingerprint density at radius 2 is 1.14 bits per heavy atom. The Balaban J connectivity index is 1.87. The minimum atomic E-state index is 0.335. The van der Waals surface area contributed by atoms with E-state index in [4.69, 9.17) is 0 Å². The number of Topliss-reactive ketones (excluding diaryl/α,β-unsaturated/α-hetero) is 2. The molecule has 3 saturated carbocycles. The Kier molecular flexibility index (Phi) is 1.80. The van der Waals surface area contributed by atoms with Crippen LogP contribution < -0.4 is 0 Å². The van der Waals surface area contributed by atoms with Crippen LogP contribution in [0.4, 0.5) is 0 Å². The van der Waals surface area contributed by atoms with Crippen molar-refractivity contribution in [3.8, 4) is 0 Å². The Labute approximate surface area is 84.1 Å². The summed E-state index contributed by atoms with van der Waals surface area (Å²) in [6, 6.07) is 0. The molecule has 0 aliphatic heterocycles. The van der Waals surface area contributed by atoms with Crippen LogP contribution in [0.15, 0.2) is 0 Å². The summed E-state index contributed by atoms with van der Waals surface area (Å²) >= 11 is 0. The van der Waals surface area contributed by atoms with Crippen molar-refractivity contribution in [3.05, 3.63) is 0 Å². The van der Waals surface area contributed by atoms with E-state index in [-0.39, 0.29) is 0 Å². The van der Waals surface area contributed by atoms with Gasteiger partial charge in [-0.2, -0.15) is 0 Å². The van der Waals surface area contributed by atoms with Gasteiger partial charge in [-0.3, -0.25) is 9.59 Å². The fourth-order valence-electron chi connectivity index (χ4n) is 4.00. The van der Waals surface area contributed by atoms with Gasteiger partial charge >= 0.3 is 0 Å². The highest BCUT2D eigenvalue weighted by Crippen LogP contribution is 2.51. The first-order chi connectivity index (χ1) is 6.77. The van der Waals surface area contributed by atoms with Crippen LogP contribution in [0.3, 0.4) is 0 Å². The fourth-order valence-corrected chi connectivity index (χ4v) is 4.00. The summed E-state index contributed by atoms with van der Waals surface area (Å²) in [4.78, 5) is 23.2. The van der Waals surface area contributed by atoms with Gasteiger partial charge in [-0.05, 0) is 37.5 Å². The van der Waals surface area contributed by atoms with Crippen molar-refractivity contribution < 1.29 is 9.59 Å². The standard InChI is InChI=1S/C12H16O2/c13-11-5-3-7-8-4-6-12(14)10(8)2-1-9(7)11/h7-10H,1-6H2/t7-,8-,9+,10+/m1/s1. The van der Waals surface area contributed by atoms with Gasteiger partial charge < -0.3 is 0 Å². The maximum absolute atomic E-state index is 11.6. The number of fused-ring (bicyclic) bond motifs is 3. The van der Waals surface area contributed by atoms with Gasteiger partial charge in [0, 0.05) is 24.7 Å². The first kappa shape index (κ1) is 8.63. The topological polar surface area (TPSA) is 34.1 Å². The third-order valence-electron chi connectivity index (χ3n) is 4.65. The highest BCUT2D eigenvalue weighted by atomic mass is 16.1. The molecule has 0 amide bonds. The zero-order valence-electron chi connectivity index (χ0n) is 8.37. The summed E-state index contributed by atoms with van der Waals surface area (Å²) < 4.78 is 0. The van der Waals surface area contributed by atoms with E-state index in [1.807, 2.05) is 0 Å². The van der Waals surface area contributed by atoms with Crippen molar-refractivity contribution >= 4 is 11.6 Å². The van der Waals surface area contributed by atoms with Gasteiger partial charge in [-0.15, -0.1) is 0 Å². The van der Waals surface area contributed by atoms with Crippen molar-refractivity contribution in [3.63, 3.8) is 0 Å². The quantitative estimate of drug-likeness (QED) is 0.588. The summed E-state index contributed by atoms with van der Waals surface area (Å²) in [5.41, 5.74) is 0. The van der Waals surface area contributed by atoms with E-state index in [0.717, 1.165) is 38.5 Å². The number of hydrogen-bond donors (Lipinski definition) is 0. The molecule has 2 nitrogen and oxygen atoms in total. The smallest absolute Gasteiger partial charge is 0.136 e. The average molecular weight is 192 g/mol. The molecule has 0 aromatic heterocycles. The summed E-state index contributed by atoms with van der Waals surface area (Å²) in [6.07, 6.45) is 5.70. The molecule has 0 unspecified atom stereocenters. The number of hydrogen-bond acceptors (Lipinski definition) is 2. The van der Waals surface area contributed by atoms with Crippen LogP contribution in [-0.2, 0) is 9.59 Å². The minimum Gasteiger partial charge on any atom is -0.299 e. The summed E-state index contributed by atoms with van der Waals surface area (Å²) in [5.74, 6) is 2.78. The monoisotopic (exact) mass is 192 g/mol. The summed E-state index contributed by atoms with van der Waals surface area (Å²) in [5, 5.41) is 0. The van der Waals surface area contributed by atoms with Gasteiger partial charge in [0.25, 0.3) is 0 Å².